The highest BCUT2D eigenvalue weighted by Gasteiger charge is 2.18. The molecule has 1 amide bonds. The van der Waals surface area contributed by atoms with Crippen molar-refractivity contribution < 1.29 is 14.7 Å². The Morgan fingerprint density at radius 1 is 1.44 bits per heavy atom. The predicted octanol–water partition coefficient (Wildman–Crippen LogP) is 2.78. The lowest BCUT2D eigenvalue weighted by molar-refractivity contribution is -0.114. The zero-order valence-electron chi connectivity index (χ0n) is 10.8. The van der Waals surface area contributed by atoms with Gasteiger partial charge in [-0.25, -0.2) is 9.78 Å². The lowest BCUT2D eigenvalue weighted by atomic mass is 10.1. The first kappa shape index (κ1) is 14.6. The van der Waals surface area contributed by atoms with Crippen LogP contribution in [0.15, 0.2) is 0 Å². The fraction of sp³-hybridized carbons (Fsp3) is 0.583. The summed E-state index contributed by atoms with van der Waals surface area (Å²) in [6, 6.07) is 0. The molecule has 0 bridgehead atoms. The van der Waals surface area contributed by atoms with E-state index in [1.807, 2.05) is 0 Å². The lowest BCUT2D eigenvalue weighted by Gasteiger charge is -2.01. The lowest BCUT2D eigenvalue weighted by Crippen LogP contribution is -2.09. The number of hydrogen-bond acceptors (Lipinski definition) is 4. The van der Waals surface area contributed by atoms with E-state index >= 15 is 0 Å². The smallest absolute Gasteiger partial charge is 0.357 e. The van der Waals surface area contributed by atoms with E-state index in [0.29, 0.717) is 10.9 Å². The molecule has 0 saturated heterocycles. The van der Waals surface area contributed by atoms with E-state index in [1.54, 1.807) is 0 Å². The van der Waals surface area contributed by atoms with Crippen molar-refractivity contribution in [3.05, 3.63) is 10.7 Å². The molecule has 1 rings (SSSR count). The maximum absolute atomic E-state index is 11.0. The second-order valence-corrected chi connectivity index (χ2v) is 5.64. The number of anilines is 1. The quantitative estimate of drug-likeness (QED) is 0.833. The van der Waals surface area contributed by atoms with Gasteiger partial charge in [0.1, 0.15) is 5.00 Å². The summed E-state index contributed by atoms with van der Waals surface area (Å²) in [5.41, 5.74) is -0.0604. The Morgan fingerprint density at radius 3 is 2.61 bits per heavy atom. The summed E-state index contributed by atoms with van der Waals surface area (Å²) in [5.74, 6) is -0.765. The van der Waals surface area contributed by atoms with Crippen molar-refractivity contribution >= 4 is 28.2 Å². The molecule has 0 radical (unpaired) electrons. The Morgan fingerprint density at radius 2 is 2.11 bits per heavy atom. The van der Waals surface area contributed by atoms with Gasteiger partial charge in [0.2, 0.25) is 5.91 Å². The third-order valence-electron chi connectivity index (χ3n) is 2.34. The van der Waals surface area contributed by atoms with Crippen LogP contribution in [0.2, 0.25) is 0 Å². The number of nitrogens with zero attached hydrogens (tertiary/aromatic N) is 1. The van der Waals surface area contributed by atoms with Gasteiger partial charge in [0.25, 0.3) is 0 Å². The van der Waals surface area contributed by atoms with Gasteiger partial charge >= 0.3 is 5.97 Å². The van der Waals surface area contributed by atoms with Gasteiger partial charge in [0.05, 0.1) is 5.01 Å². The van der Waals surface area contributed by atoms with E-state index in [-0.39, 0.29) is 11.6 Å². The number of aromatic carboxylic acids is 1. The Kier molecular flexibility index (Phi) is 5.27. The van der Waals surface area contributed by atoms with Gasteiger partial charge in [-0.05, 0) is 18.8 Å². The van der Waals surface area contributed by atoms with Crippen LogP contribution in [0.1, 0.15) is 49.1 Å². The minimum Gasteiger partial charge on any atom is -0.476 e. The third kappa shape index (κ3) is 4.44. The number of carbonyl (C=O) groups is 2. The molecule has 1 heterocycles. The van der Waals surface area contributed by atoms with E-state index < -0.39 is 5.97 Å². The van der Waals surface area contributed by atoms with Gasteiger partial charge in [-0.1, -0.05) is 20.3 Å². The Bertz CT molecular complexity index is 441. The molecule has 2 N–H and O–H groups in total. The molecule has 0 aliphatic rings. The highest BCUT2D eigenvalue weighted by atomic mass is 32.1. The summed E-state index contributed by atoms with van der Waals surface area (Å²) in [6.07, 6.45) is 2.81. The number of carbonyl (C=O) groups excluding carboxylic acids is 1. The number of aromatic nitrogens is 1. The first-order chi connectivity index (χ1) is 8.40. The Labute approximate surface area is 110 Å². The highest BCUT2D eigenvalue weighted by Crippen LogP contribution is 2.26. The van der Waals surface area contributed by atoms with Crippen molar-refractivity contribution in [1.29, 1.82) is 0 Å². The summed E-state index contributed by atoms with van der Waals surface area (Å²) in [7, 11) is 0. The number of nitrogens with one attached hydrogen (secondary N) is 1. The predicted molar refractivity (Wildman–Crippen MR) is 71.2 cm³/mol. The van der Waals surface area contributed by atoms with Gasteiger partial charge in [-0.15, -0.1) is 11.3 Å². The van der Waals surface area contributed by atoms with Crippen LogP contribution in [0.4, 0.5) is 5.00 Å². The SMILES string of the molecule is CC(=O)Nc1sc(CCCC(C)C)nc1C(=O)O. The zero-order valence-corrected chi connectivity index (χ0v) is 11.6. The number of hydrogen-bond donors (Lipinski definition) is 2. The molecule has 18 heavy (non-hydrogen) atoms. The summed E-state index contributed by atoms with van der Waals surface area (Å²) < 4.78 is 0. The van der Waals surface area contributed by atoms with Crippen molar-refractivity contribution in [3.8, 4) is 0 Å². The Hall–Kier alpha value is -1.43. The van der Waals surface area contributed by atoms with Gasteiger partial charge in [0.15, 0.2) is 5.69 Å². The monoisotopic (exact) mass is 270 g/mol. The van der Waals surface area contributed by atoms with Crippen LogP contribution < -0.4 is 5.32 Å². The maximum atomic E-state index is 11.0. The standard InChI is InChI=1S/C12H18N2O3S/c1-7(2)5-4-6-9-14-10(12(16)17)11(18-9)13-8(3)15/h7H,4-6H2,1-3H3,(H,13,15)(H,16,17). The number of carboxylic acid groups (broad SMARTS) is 1. The number of thiazole rings is 1. The number of aryl methyl sites for hydroxylation is 1. The molecule has 100 valence electrons. The second-order valence-electron chi connectivity index (χ2n) is 4.56. The van der Waals surface area contributed by atoms with Crippen molar-refractivity contribution in [1.82, 2.24) is 4.98 Å². The summed E-state index contributed by atoms with van der Waals surface area (Å²) in [6.45, 7) is 5.64. The molecule has 1 aromatic rings. The van der Waals surface area contributed by atoms with Crippen LogP contribution in [0.3, 0.4) is 0 Å². The van der Waals surface area contributed by atoms with Gasteiger partial charge in [0, 0.05) is 6.92 Å². The minimum absolute atomic E-state index is 0.0604. The van der Waals surface area contributed by atoms with E-state index in [9.17, 15) is 9.59 Å². The first-order valence-corrected chi connectivity index (χ1v) is 6.72. The normalized spacial score (nSPS) is 10.7. The molecule has 0 aliphatic heterocycles. The van der Waals surface area contributed by atoms with Gasteiger partial charge in [-0.3, -0.25) is 4.79 Å². The maximum Gasteiger partial charge on any atom is 0.357 e. The van der Waals surface area contributed by atoms with Crippen LogP contribution in [0.5, 0.6) is 0 Å². The second kappa shape index (κ2) is 6.49. The molecule has 0 fully saturated rings. The summed E-state index contributed by atoms with van der Waals surface area (Å²) >= 11 is 1.24. The average molecular weight is 270 g/mol. The molecule has 0 atom stereocenters. The number of rotatable bonds is 6. The first-order valence-electron chi connectivity index (χ1n) is 5.90. The third-order valence-corrected chi connectivity index (χ3v) is 3.37. The molecule has 0 aromatic carbocycles. The molecule has 1 aromatic heterocycles. The largest absolute Gasteiger partial charge is 0.476 e. The van der Waals surface area contributed by atoms with E-state index in [0.717, 1.165) is 24.3 Å². The summed E-state index contributed by atoms with van der Waals surface area (Å²) in [5, 5.41) is 12.6. The van der Waals surface area contributed by atoms with Crippen LogP contribution in [-0.4, -0.2) is 22.0 Å². The van der Waals surface area contributed by atoms with Crippen LogP contribution >= 0.6 is 11.3 Å². The average Bonchev–Trinajstić information content (AvgIpc) is 2.59. The topological polar surface area (TPSA) is 79.3 Å². The van der Waals surface area contributed by atoms with E-state index in [4.69, 9.17) is 5.11 Å². The van der Waals surface area contributed by atoms with Gasteiger partial charge in [-0.2, -0.15) is 0 Å². The molecule has 5 nitrogen and oxygen atoms in total. The minimum atomic E-state index is -1.11. The fourth-order valence-electron chi connectivity index (χ4n) is 1.52. The zero-order chi connectivity index (χ0) is 13.7. The van der Waals surface area contributed by atoms with Crippen molar-refractivity contribution in [3.63, 3.8) is 0 Å². The van der Waals surface area contributed by atoms with Crippen molar-refractivity contribution in [2.75, 3.05) is 5.32 Å². The molecule has 0 unspecified atom stereocenters. The van der Waals surface area contributed by atoms with Crippen LogP contribution in [0.25, 0.3) is 0 Å². The molecule has 0 aliphatic carbocycles. The number of carboxylic acids is 1. The molecule has 6 heteroatoms. The van der Waals surface area contributed by atoms with Crippen LogP contribution in [0, 0.1) is 5.92 Å². The summed E-state index contributed by atoms with van der Waals surface area (Å²) in [4.78, 5) is 26.0. The Balaban J connectivity index is 2.75. The van der Waals surface area contributed by atoms with Crippen molar-refractivity contribution in [2.45, 2.75) is 40.0 Å². The number of amides is 1. The highest BCUT2D eigenvalue weighted by molar-refractivity contribution is 7.16. The van der Waals surface area contributed by atoms with Gasteiger partial charge < -0.3 is 10.4 Å². The molecule has 0 spiro atoms. The van der Waals surface area contributed by atoms with Crippen molar-refractivity contribution in [2.24, 2.45) is 5.92 Å². The molecular weight excluding hydrogens is 252 g/mol. The molecule has 0 saturated carbocycles. The molecular formula is C12H18N2O3S. The van der Waals surface area contributed by atoms with E-state index in [2.05, 4.69) is 24.1 Å². The fourth-order valence-corrected chi connectivity index (χ4v) is 2.57. The van der Waals surface area contributed by atoms with Crippen LogP contribution in [-0.2, 0) is 11.2 Å². The van der Waals surface area contributed by atoms with E-state index in [1.165, 1.54) is 18.3 Å².